The number of nitrogens with one attached hydrogen (secondary N) is 2. The summed E-state index contributed by atoms with van der Waals surface area (Å²) >= 11 is 0. The number of rotatable bonds is 7. The highest BCUT2D eigenvalue weighted by Gasteiger charge is 2.47. The van der Waals surface area contributed by atoms with Crippen LogP contribution in [0.2, 0.25) is 0 Å². The summed E-state index contributed by atoms with van der Waals surface area (Å²) in [4.78, 5) is 38.5. The van der Waals surface area contributed by atoms with Crippen LogP contribution in [0.1, 0.15) is 18.9 Å². The minimum Gasteiger partial charge on any atom is -0.495 e. The molecule has 0 bridgehead atoms. The maximum atomic E-state index is 12.8. The molecular weight excluding hydrogens is 358 g/mol. The smallest absolute Gasteiger partial charge is 0.325 e. The number of aryl methyl sites for hydroxylation is 1. The molecule has 3 rings (SSSR count). The summed E-state index contributed by atoms with van der Waals surface area (Å²) in [6.07, 6.45) is 1.09. The summed E-state index contributed by atoms with van der Waals surface area (Å²) < 4.78 is 5.19. The Balaban J connectivity index is 1.63. The number of carbonyl (C=O) groups is 3. The Bertz CT molecular complexity index is 884. The molecule has 1 aliphatic rings. The third kappa shape index (κ3) is 4.14. The maximum Gasteiger partial charge on any atom is 0.325 e. The standard InChI is InChI=1S/C21H23N3O4/c1-21(13-12-15-8-4-3-5-9-15)19(26)24(20(27)23-21)14-18(25)22-16-10-6-7-11-17(16)28-2/h3-11H,12-14H2,1-2H3,(H,22,25)(H,23,27)/t21-/m0/s1. The fourth-order valence-corrected chi connectivity index (χ4v) is 3.18. The Morgan fingerprint density at radius 2 is 1.79 bits per heavy atom. The minimum absolute atomic E-state index is 0.357. The van der Waals surface area contributed by atoms with Crippen LogP contribution in [0, 0.1) is 0 Å². The van der Waals surface area contributed by atoms with Gasteiger partial charge in [-0.1, -0.05) is 42.5 Å². The van der Waals surface area contributed by atoms with Crippen molar-refractivity contribution in [3.05, 3.63) is 60.2 Å². The third-order valence-electron chi connectivity index (χ3n) is 4.78. The molecule has 0 aromatic heterocycles. The second-order valence-corrected chi connectivity index (χ2v) is 6.89. The van der Waals surface area contributed by atoms with Gasteiger partial charge in [0.15, 0.2) is 0 Å². The van der Waals surface area contributed by atoms with E-state index < -0.39 is 23.4 Å². The molecule has 2 aromatic carbocycles. The first-order chi connectivity index (χ1) is 13.4. The zero-order valence-electron chi connectivity index (χ0n) is 15.9. The molecule has 28 heavy (non-hydrogen) atoms. The van der Waals surface area contributed by atoms with Gasteiger partial charge in [0.2, 0.25) is 5.91 Å². The number of hydrogen-bond acceptors (Lipinski definition) is 4. The van der Waals surface area contributed by atoms with Gasteiger partial charge in [-0.05, 0) is 37.5 Å². The molecular formula is C21H23N3O4. The molecule has 4 amide bonds. The number of anilines is 1. The zero-order valence-corrected chi connectivity index (χ0v) is 15.9. The highest BCUT2D eigenvalue weighted by Crippen LogP contribution is 2.25. The quantitative estimate of drug-likeness (QED) is 0.722. The maximum absolute atomic E-state index is 12.8. The van der Waals surface area contributed by atoms with Gasteiger partial charge in [0.05, 0.1) is 12.8 Å². The molecule has 7 nitrogen and oxygen atoms in total. The first-order valence-electron chi connectivity index (χ1n) is 9.04. The number of urea groups is 1. The van der Waals surface area contributed by atoms with Crippen LogP contribution in [0.3, 0.4) is 0 Å². The van der Waals surface area contributed by atoms with Crippen molar-refractivity contribution in [2.24, 2.45) is 0 Å². The number of hydrogen-bond donors (Lipinski definition) is 2. The molecule has 2 aromatic rings. The van der Waals surface area contributed by atoms with Gasteiger partial charge < -0.3 is 15.4 Å². The predicted molar refractivity (Wildman–Crippen MR) is 105 cm³/mol. The minimum atomic E-state index is -1.03. The van der Waals surface area contributed by atoms with Crippen molar-refractivity contribution < 1.29 is 19.1 Å². The van der Waals surface area contributed by atoms with E-state index in [0.29, 0.717) is 24.3 Å². The van der Waals surface area contributed by atoms with Crippen molar-refractivity contribution in [1.82, 2.24) is 10.2 Å². The largest absolute Gasteiger partial charge is 0.495 e. The van der Waals surface area contributed by atoms with E-state index in [1.807, 2.05) is 30.3 Å². The first-order valence-corrected chi connectivity index (χ1v) is 9.04. The fourth-order valence-electron chi connectivity index (χ4n) is 3.18. The van der Waals surface area contributed by atoms with Crippen LogP contribution in [0.4, 0.5) is 10.5 Å². The van der Waals surface area contributed by atoms with E-state index in [1.165, 1.54) is 7.11 Å². The van der Waals surface area contributed by atoms with E-state index in [1.54, 1.807) is 31.2 Å². The Morgan fingerprint density at radius 3 is 2.50 bits per heavy atom. The molecule has 0 spiro atoms. The molecule has 0 unspecified atom stereocenters. The van der Waals surface area contributed by atoms with E-state index in [4.69, 9.17) is 4.74 Å². The van der Waals surface area contributed by atoms with E-state index in [2.05, 4.69) is 10.6 Å². The van der Waals surface area contributed by atoms with Crippen molar-refractivity contribution in [2.75, 3.05) is 19.0 Å². The van der Waals surface area contributed by atoms with Crippen LogP contribution in [0.15, 0.2) is 54.6 Å². The van der Waals surface area contributed by atoms with Crippen molar-refractivity contribution in [3.8, 4) is 5.75 Å². The van der Waals surface area contributed by atoms with Crippen molar-refractivity contribution in [3.63, 3.8) is 0 Å². The molecule has 146 valence electrons. The number of para-hydroxylation sites is 2. The predicted octanol–water partition coefficient (Wildman–Crippen LogP) is 2.58. The molecule has 1 heterocycles. The molecule has 7 heteroatoms. The van der Waals surface area contributed by atoms with Crippen LogP contribution < -0.4 is 15.4 Å². The van der Waals surface area contributed by atoms with Gasteiger partial charge in [0.25, 0.3) is 5.91 Å². The van der Waals surface area contributed by atoms with E-state index >= 15 is 0 Å². The lowest BCUT2D eigenvalue weighted by atomic mass is 9.93. The van der Waals surface area contributed by atoms with Crippen LogP contribution in [-0.4, -0.2) is 41.9 Å². The zero-order chi connectivity index (χ0) is 20.1. The monoisotopic (exact) mass is 381 g/mol. The fraction of sp³-hybridized carbons (Fsp3) is 0.286. The van der Waals surface area contributed by atoms with Gasteiger partial charge in [-0.25, -0.2) is 4.79 Å². The SMILES string of the molecule is COc1ccccc1NC(=O)CN1C(=O)N[C@@](C)(CCc2ccccc2)C1=O. The van der Waals surface area contributed by atoms with Gasteiger partial charge >= 0.3 is 6.03 Å². The molecule has 1 atom stereocenters. The lowest BCUT2D eigenvalue weighted by molar-refractivity contribution is -0.133. The summed E-state index contributed by atoms with van der Waals surface area (Å²) in [5.74, 6) is -0.371. The Labute approximate surface area is 163 Å². The average Bonchev–Trinajstić information content (AvgIpc) is 2.91. The highest BCUT2D eigenvalue weighted by molar-refractivity contribution is 6.10. The molecule has 0 radical (unpaired) electrons. The normalized spacial score (nSPS) is 18.7. The first kappa shape index (κ1) is 19.4. The van der Waals surface area contributed by atoms with Crippen LogP contribution in [0.25, 0.3) is 0 Å². The Morgan fingerprint density at radius 1 is 1.11 bits per heavy atom. The Hall–Kier alpha value is -3.35. The summed E-state index contributed by atoms with van der Waals surface area (Å²) in [6.45, 7) is 1.33. The lowest BCUT2D eigenvalue weighted by Crippen LogP contribution is -2.45. The second kappa shape index (κ2) is 8.12. The molecule has 2 N–H and O–H groups in total. The number of carbonyl (C=O) groups excluding carboxylic acids is 3. The summed E-state index contributed by atoms with van der Waals surface area (Å²) in [7, 11) is 1.50. The second-order valence-electron chi connectivity index (χ2n) is 6.89. The number of methoxy groups -OCH3 is 1. The highest BCUT2D eigenvalue weighted by atomic mass is 16.5. The number of benzene rings is 2. The molecule has 0 aliphatic carbocycles. The number of imide groups is 1. The van der Waals surface area contributed by atoms with Crippen molar-refractivity contribution in [1.29, 1.82) is 0 Å². The molecule has 0 saturated carbocycles. The van der Waals surface area contributed by atoms with Crippen LogP contribution >= 0.6 is 0 Å². The molecule has 1 saturated heterocycles. The van der Waals surface area contributed by atoms with Gasteiger partial charge in [0.1, 0.15) is 17.8 Å². The summed E-state index contributed by atoms with van der Waals surface area (Å²) in [5.41, 5.74) is 0.532. The van der Waals surface area contributed by atoms with Crippen LogP contribution in [0.5, 0.6) is 5.75 Å². The number of ether oxygens (including phenoxy) is 1. The summed E-state index contributed by atoms with van der Waals surface area (Å²) in [6, 6.07) is 16.1. The average molecular weight is 381 g/mol. The van der Waals surface area contributed by atoms with Gasteiger partial charge in [-0.3, -0.25) is 14.5 Å². The lowest BCUT2D eigenvalue weighted by Gasteiger charge is -2.21. The van der Waals surface area contributed by atoms with Gasteiger partial charge in [-0.2, -0.15) is 0 Å². The van der Waals surface area contributed by atoms with E-state index in [-0.39, 0.29) is 6.54 Å². The topological polar surface area (TPSA) is 87.7 Å². The van der Waals surface area contributed by atoms with Crippen molar-refractivity contribution in [2.45, 2.75) is 25.3 Å². The summed E-state index contributed by atoms with van der Waals surface area (Å²) in [5, 5.41) is 5.40. The van der Waals surface area contributed by atoms with Gasteiger partial charge in [-0.15, -0.1) is 0 Å². The van der Waals surface area contributed by atoms with E-state index in [0.717, 1.165) is 10.5 Å². The Kier molecular flexibility index (Phi) is 5.63. The molecule has 1 fully saturated rings. The van der Waals surface area contributed by atoms with Crippen molar-refractivity contribution >= 4 is 23.5 Å². The van der Waals surface area contributed by atoms with Gasteiger partial charge in [0, 0.05) is 0 Å². The van der Waals surface area contributed by atoms with Crippen LogP contribution in [-0.2, 0) is 16.0 Å². The van der Waals surface area contributed by atoms with E-state index in [9.17, 15) is 14.4 Å². The number of amides is 4. The molecule has 1 aliphatic heterocycles. The third-order valence-corrected chi connectivity index (χ3v) is 4.78. The number of nitrogens with zero attached hydrogens (tertiary/aromatic N) is 1.